The number of ether oxygens (including phenoxy) is 1. The predicted molar refractivity (Wildman–Crippen MR) is 133 cm³/mol. The quantitative estimate of drug-likeness (QED) is 0.441. The van der Waals surface area contributed by atoms with E-state index >= 15 is 0 Å². The Kier molecular flexibility index (Phi) is 7.57. The molecular formula is C24H24Cl2N2O4S. The summed E-state index contributed by atoms with van der Waals surface area (Å²) in [5, 5.41) is 3.27. The van der Waals surface area contributed by atoms with Crippen LogP contribution < -0.4 is 14.4 Å². The van der Waals surface area contributed by atoms with E-state index in [2.05, 4.69) is 5.32 Å². The monoisotopic (exact) mass is 506 g/mol. The van der Waals surface area contributed by atoms with E-state index in [1.54, 1.807) is 19.1 Å². The minimum atomic E-state index is -4.21. The third-order valence-electron chi connectivity index (χ3n) is 5.11. The lowest BCUT2D eigenvalue weighted by Crippen LogP contribution is -2.38. The highest BCUT2D eigenvalue weighted by atomic mass is 35.5. The minimum Gasteiger partial charge on any atom is -0.495 e. The van der Waals surface area contributed by atoms with Gasteiger partial charge >= 0.3 is 0 Å². The Balaban J connectivity index is 2.08. The topological polar surface area (TPSA) is 75.7 Å². The van der Waals surface area contributed by atoms with Gasteiger partial charge in [-0.3, -0.25) is 9.10 Å². The maximum absolute atomic E-state index is 13.8. The summed E-state index contributed by atoms with van der Waals surface area (Å²) in [6, 6.07) is 14.8. The van der Waals surface area contributed by atoms with E-state index in [1.807, 2.05) is 32.0 Å². The molecule has 0 spiro atoms. The molecule has 1 amide bonds. The highest BCUT2D eigenvalue weighted by molar-refractivity contribution is 7.93. The standard InChI is InChI=1S/C24H24Cl2N2O4S/c1-15-8-11-21(32-4)22(12-15)33(30,31)28(18-9-10-19(25)20(26)13-18)14-23(29)27-24-16(2)6-5-7-17(24)3/h5-13H,14H2,1-4H3,(H,27,29). The molecule has 0 fully saturated rings. The van der Waals surface area contributed by atoms with Crippen molar-refractivity contribution < 1.29 is 17.9 Å². The molecule has 1 N–H and O–H groups in total. The van der Waals surface area contributed by atoms with E-state index in [9.17, 15) is 13.2 Å². The number of rotatable bonds is 7. The van der Waals surface area contributed by atoms with Crippen LogP contribution in [-0.4, -0.2) is 28.0 Å². The Morgan fingerprint density at radius 3 is 2.24 bits per heavy atom. The molecule has 0 aliphatic heterocycles. The molecule has 33 heavy (non-hydrogen) atoms. The smallest absolute Gasteiger partial charge is 0.268 e. The summed E-state index contributed by atoms with van der Waals surface area (Å²) in [6.07, 6.45) is 0. The number of hydrogen-bond donors (Lipinski definition) is 1. The van der Waals surface area contributed by atoms with E-state index in [1.165, 1.54) is 31.4 Å². The summed E-state index contributed by atoms with van der Waals surface area (Å²) in [6.45, 7) is 5.03. The number of nitrogens with one attached hydrogen (secondary N) is 1. The highest BCUT2D eigenvalue weighted by Gasteiger charge is 2.31. The van der Waals surface area contributed by atoms with Crippen molar-refractivity contribution in [2.45, 2.75) is 25.7 Å². The molecular weight excluding hydrogens is 483 g/mol. The molecule has 0 aliphatic carbocycles. The zero-order chi connectivity index (χ0) is 24.3. The van der Waals surface area contributed by atoms with Crippen LogP contribution in [0.4, 0.5) is 11.4 Å². The summed E-state index contributed by atoms with van der Waals surface area (Å²) < 4.78 is 33.8. The van der Waals surface area contributed by atoms with Crippen molar-refractivity contribution in [1.82, 2.24) is 0 Å². The summed E-state index contributed by atoms with van der Waals surface area (Å²) in [5.41, 5.74) is 3.30. The number of para-hydroxylation sites is 1. The zero-order valence-corrected chi connectivity index (χ0v) is 21.0. The fourth-order valence-corrected chi connectivity index (χ4v) is 5.33. The second kappa shape index (κ2) is 10.0. The molecule has 3 rings (SSSR count). The summed E-state index contributed by atoms with van der Waals surface area (Å²) in [5.74, 6) is -0.338. The maximum atomic E-state index is 13.8. The number of halogens is 2. The Labute approximate surface area is 204 Å². The number of methoxy groups -OCH3 is 1. The molecule has 0 heterocycles. The number of nitrogens with zero attached hydrogens (tertiary/aromatic N) is 1. The fraction of sp³-hybridized carbons (Fsp3) is 0.208. The fourth-order valence-electron chi connectivity index (χ4n) is 3.38. The number of anilines is 2. The number of benzene rings is 3. The first-order valence-corrected chi connectivity index (χ1v) is 12.2. The summed E-state index contributed by atoms with van der Waals surface area (Å²) in [4.78, 5) is 13.0. The van der Waals surface area contributed by atoms with Crippen molar-refractivity contribution in [3.63, 3.8) is 0 Å². The lowest BCUT2D eigenvalue weighted by atomic mass is 10.1. The van der Waals surface area contributed by atoms with E-state index < -0.39 is 22.5 Å². The van der Waals surface area contributed by atoms with Crippen LogP contribution in [-0.2, 0) is 14.8 Å². The Morgan fingerprint density at radius 1 is 0.970 bits per heavy atom. The number of amides is 1. The van der Waals surface area contributed by atoms with Gasteiger partial charge in [-0.15, -0.1) is 0 Å². The number of carbonyl (C=O) groups excluding carboxylic acids is 1. The molecule has 9 heteroatoms. The van der Waals surface area contributed by atoms with Gasteiger partial charge in [-0.2, -0.15) is 0 Å². The van der Waals surface area contributed by atoms with Crippen molar-refractivity contribution in [2.75, 3.05) is 23.3 Å². The molecule has 0 radical (unpaired) electrons. The minimum absolute atomic E-state index is 0.0593. The first-order chi connectivity index (χ1) is 15.5. The lowest BCUT2D eigenvalue weighted by molar-refractivity contribution is -0.114. The van der Waals surface area contributed by atoms with Gasteiger partial charge in [0.25, 0.3) is 10.0 Å². The molecule has 0 aromatic heterocycles. The van der Waals surface area contributed by atoms with Gasteiger partial charge in [-0.25, -0.2) is 8.42 Å². The molecule has 0 aliphatic rings. The molecule has 3 aromatic carbocycles. The third kappa shape index (κ3) is 5.43. The van der Waals surface area contributed by atoms with Crippen LogP contribution in [0.2, 0.25) is 10.0 Å². The Hall–Kier alpha value is -2.74. The summed E-state index contributed by atoms with van der Waals surface area (Å²) >= 11 is 12.2. The normalized spacial score (nSPS) is 11.2. The third-order valence-corrected chi connectivity index (χ3v) is 7.65. The van der Waals surface area contributed by atoms with Gasteiger partial charge < -0.3 is 10.1 Å². The number of aryl methyl sites for hydroxylation is 3. The SMILES string of the molecule is COc1ccc(C)cc1S(=O)(=O)N(CC(=O)Nc1c(C)cccc1C)c1ccc(Cl)c(Cl)c1. The van der Waals surface area contributed by atoms with Crippen LogP contribution in [0.25, 0.3) is 0 Å². The summed E-state index contributed by atoms with van der Waals surface area (Å²) in [7, 11) is -2.82. The van der Waals surface area contributed by atoms with Crippen LogP contribution >= 0.6 is 23.2 Å². The molecule has 0 unspecified atom stereocenters. The van der Waals surface area contributed by atoms with Gasteiger partial charge in [0.1, 0.15) is 17.2 Å². The van der Waals surface area contributed by atoms with Gasteiger partial charge in [0.05, 0.1) is 22.8 Å². The molecule has 0 saturated heterocycles. The Morgan fingerprint density at radius 2 is 1.64 bits per heavy atom. The Bertz CT molecular complexity index is 1290. The number of sulfonamides is 1. The second-order valence-corrected chi connectivity index (χ2v) is 10.2. The van der Waals surface area contributed by atoms with Crippen LogP contribution in [0.5, 0.6) is 5.75 Å². The van der Waals surface area contributed by atoms with E-state index in [-0.39, 0.29) is 26.4 Å². The first kappa shape index (κ1) is 24.9. The average molecular weight is 507 g/mol. The van der Waals surface area contributed by atoms with Crippen molar-refractivity contribution in [3.8, 4) is 5.75 Å². The molecule has 6 nitrogen and oxygen atoms in total. The van der Waals surface area contributed by atoms with Crippen LogP contribution in [0, 0.1) is 20.8 Å². The van der Waals surface area contributed by atoms with Gasteiger partial charge in [0.2, 0.25) is 5.91 Å². The number of hydrogen-bond acceptors (Lipinski definition) is 4. The van der Waals surface area contributed by atoms with Gasteiger partial charge in [0, 0.05) is 5.69 Å². The van der Waals surface area contributed by atoms with Crippen molar-refractivity contribution in [1.29, 1.82) is 0 Å². The van der Waals surface area contributed by atoms with Crippen LogP contribution in [0.1, 0.15) is 16.7 Å². The van der Waals surface area contributed by atoms with Gasteiger partial charge in [-0.1, -0.05) is 47.5 Å². The van der Waals surface area contributed by atoms with Crippen LogP contribution in [0.3, 0.4) is 0 Å². The largest absolute Gasteiger partial charge is 0.495 e. The van der Waals surface area contributed by atoms with Gasteiger partial charge in [0.15, 0.2) is 0 Å². The van der Waals surface area contributed by atoms with E-state index in [0.717, 1.165) is 21.0 Å². The van der Waals surface area contributed by atoms with E-state index in [4.69, 9.17) is 27.9 Å². The molecule has 0 atom stereocenters. The molecule has 174 valence electrons. The second-order valence-electron chi connectivity index (χ2n) is 7.58. The zero-order valence-electron chi connectivity index (χ0n) is 18.6. The maximum Gasteiger partial charge on any atom is 0.268 e. The lowest BCUT2D eigenvalue weighted by Gasteiger charge is -2.26. The predicted octanol–water partition coefficient (Wildman–Crippen LogP) is 5.76. The highest BCUT2D eigenvalue weighted by Crippen LogP contribution is 2.34. The first-order valence-electron chi connectivity index (χ1n) is 10.0. The van der Waals surface area contributed by atoms with E-state index in [0.29, 0.717) is 5.69 Å². The molecule has 0 saturated carbocycles. The van der Waals surface area contributed by atoms with Gasteiger partial charge in [-0.05, 0) is 67.8 Å². The van der Waals surface area contributed by atoms with Crippen molar-refractivity contribution in [2.24, 2.45) is 0 Å². The van der Waals surface area contributed by atoms with Crippen molar-refractivity contribution >= 4 is 50.5 Å². The molecule has 3 aromatic rings. The van der Waals surface area contributed by atoms with Crippen molar-refractivity contribution in [3.05, 3.63) is 81.3 Å². The number of carbonyl (C=O) groups is 1. The average Bonchev–Trinajstić information content (AvgIpc) is 2.76. The van der Waals surface area contributed by atoms with Crippen LogP contribution in [0.15, 0.2) is 59.5 Å². The molecule has 0 bridgehead atoms.